The predicted octanol–water partition coefficient (Wildman–Crippen LogP) is 4.45. The molecule has 2 N–H and O–H groups in total. The third-order valence-electron chi connectivity index (χ3n) is 2.70. The molecule has 21 heavy (non-hydrogen) atoms. The van der Waals surface area contributed by atoms with Gasteiger partial charge in [-0.2, -0.15) is 0 Å². The molecule has 112 valence electrons. The monoisotopic (exact) mass is 437 g/mol. The molecule has 0 saturated heterocycles. The number of hydrogen-bond donors (Lipinski definition) is 2. The van der Waals surface area contributed by atoms with Crippen molar-refractivity contribution in [3.05, 3.63) is 56.1 Å². The number of rotatable bonds is 6. The number of nitrogens with one attached hydrogen (secondary N) is 1. The van der Waals surface area contributed by atoms with Gasteiger partial charge in [-0.3, -0.25) is 0 Å². The fourth-order valence-corrected chi connectivity index (χ4v) is 2.91. The molecule has 0 aliphatic rings. The van der Waals surface area contributed by atoms with Crippen LogP contribution in [0.5, 0.6) is 5.75 Å². The summed E-state index contributed by atoms with van der Waals surface area (Å²) in [5.74, 6) is 0.641. The van der Waals surface area contributed by atoms with E-state index in [9.17, 15) is 5.11 Å². The Labute approximate surface area is 147 Å². The van der Waals surface area contributed by atoms with Gasteiger partial charge < -0.3 is 15.2 Å². The van der Waals surface area contributed by atoms with Crippen LogP contribution >= 0.6 is 45.8 Å². The normalized spacial score (nSPS) is 12.0. The van der Waals surface area contributed by atoms with Crippen molar-refractivity contribution in [2.24, 2.45) is 0 Å². The van der Waals surface area contributed by atoms with Crippen LogP contribution in [-0.2, 0) is 0 Å². The quantitative estimate of drug-likeness (QED) is 0.656. The van der Waals surface area contributed by atoms with Gasteiger partial charge in [-0.05, 0) is 59.0 Å². The lowest BCUT2D eigenvalue weighted by Gasteiger charge is -2.15. The molecule has 1 unspecified atom stereocenters. The molecule has 2 aromatic carbocycles. The smallest absolute Gasteiger partial charge is 0.120 e. The Bertz CT molecular complexity index is 610. The summed E-state index contributed by atoms with van der Waals surface area (Å²) >= 11 is 14.0. The van der Waals surface area contributed by atoms with Crippen LogP contribution in [0.2, 0.25) is 10.0 Å². The number of aliphatic hydroxyl groups is 1. The first-order valence-corrected chi connectivity index (χ1v) is 8.13. The van der Waals surface area contributed by atoms with Crippen molar-refractivity contribution in [1.82, 2.24) is 0 Å². The first-order valence-electron chi connectivity index (χ1n) is 6.30. The van der Waals surface area contributed by atoms with Gasteiger partial charge in [-0.1, -0.05) is 29.3 Å². The molecule has 0 fully saturated rings. The molecule has 0 heterocycles. The van der Waals surface area contributed by atoms with E-state index in [4.69, 9.17) is 27.9 Å². The summed E-state index contributed by atoms with van der Waals surface area (Å²) in [4.78, 5) is 0. The Morgan fingerprint density at radius 3 is 2.62 bits per heavy atom. The van der Waals surface area contributed by atoms with Crippen LogP contribution in [0.3, 0.4) is 0 Å². The average molecular weight is 438 g/mol. The molecule has 1 atom stereocenters. The lowest BCUT2D eigenvalue weighted by Crippen LogP contribution is -2.26. The van der Waals surface area contributed by atoms with Crippen LogP contribution < -0.4 is 10.1 Å². The van der Waals surface area contributed by atoms with Crippen molar-refractivity contribution in [2.45, 2.75) is 6.10 Å². The van der Waals surface area contributed by atoms with Crippen molar-refractivity contribution < 1.29 is 9.84 Å². The molecule has 0 aliphatic heterocycles. The van der Waals surface area contributed by atoms with Crippen molar-refractivity contribution >= 4 is 51.5 Å². The second-order valence-corrected chi connectivity index (χ2v) is 6.46. The lowest BCUT2D eigenvalue weighted by molar-refractivity contribution is 0.117. The standard InChI is InChI=1S/C15H14Cl2INO2/c16-10-2-1-3-13(6-10)21-9-12(20)8-19-15-5-4-11(17)7-14(15)18/h1-7,12,19-20H,8-9H2. The minimum Gasteiger partial charge on any atom is -0.491 e. The summed E-state index contributed by atoms with van der Waals surface area (Å²) in [6.45, 7) is 0.579. The second kappa shape index (κ2) is 8.08. The van der Waals surface area contributed by atoms with E-state index in [-0.39, 0.29) is 6.61 Å². The van der Waals surface area contributed by atoms with Gasteiger partial charge in [0.15, 0.2) is 0 Å². The molecule has 0 saturated carbocycles. The highest BCUT2D eigenvalue weighted by molar-refractivity contribution is 14.1. The van der Waals surface area contributed by atoms with Crippen molar-refractivity contribution in [2.75, 3.05) is 18.5 Å². The minimum absolute atomic E-state index is 0.192. The number of hydrogen-bond acceptors (Lipinski definition) is 3. The number of ether oxygens (including phenoxy) is 1. The molecule has 0 bridgehead atoms. The molecule has 0 amide bonds. The van der Waals surface area contributed by atoms with Gasteiger partial charge in [0, 0.05) is 25.8 Å². The summed E-state index contributed by atoms with van der Waals surface area (Å²) in [7, 11) is 0. The maximum Gasteiger partial charge on any atom is 0.120 e. The van der Waals surface area contributed by atoms with Gasteiger partial charge in [-0.15, -0.1) is 0 Å². The number of benzene rings is 2. The minimum atomic E-state index is -0.629. The summed E-state index contributed by atoms with van der Waals surface area (Å²) in [6, 6.07) is 12.6. The summed E-state index contributed by atoms with van der Waals surface area (Å²) in [5.41, 5.74) is 0.932. The van der Waals surface area contributed by atoms with Crippen LogP contribution in [0.15, 0.2) is 42.5 Å². The summed E-state index contributed by atoms with van der Waals surface area (Å²) < 4.78 is 6.49. The van der Waals surface area contributed by atoms with E-state index in [1.807, 2.05) is 12.1 Å². The van der Waals surface area contributed by atoms with Gasteiger partial charge in [0.05, 0.1) is 0 Å². The number of aliphatic hydroxyl groups excluding tert-OH is 1. The highest BCUT2D eigenvalue weighted by Crippen LogP contribution is 2.22. The Kier molecular flexibility index (Phi) is 6.41. The van der Waals surface area contributed by atoms with Crippen LogP contribution in [0, 0.1) is 3.57 Å². The lowest BCUT2D eigenvalue weighted by atomic mass is 10.3. The zero-order chi connectivity index (χ0) is 15.2. The molecule has 2 rings (SSSR count). The molecule has 0 spiro atoms. The van der Waals surface area contributed by atoms with E-state index in [1.54, 1.807) is 30.3 Å². The number of anilines is 1. The molecule has 0 aromatic heterocycles. The fraction of sp³-hybridized carbons (Fsp3) is 0.200. The molecule has 6 heteroatoms. The van der Waals surface area contributed by atoms with E-state index in [1.165, 1.54) is 0 Å². The van der Waals surface area contributed by atoms with E-state index in [0.717, 1.165) is 9.26 Å². The average Bonchev–Trinajstić information content (AvgIpc) is 2.44. The Morgan fingerprint density at radius 1 is 1.14 bits per heavy atom. The van der Waals surface area contributed by atoms with Gasteiger partial charge in [-0.25, -0.2) is 0 Å². The highest BCUT2D eigenvalue weighted by Gasteiger charge is 2.07. The van der Waals surface area contributed by atoms with E-state index < -0.39 is 6.10 Å². The van der Waals surface area contributed by atoms with Gasteiger partial charge in [0.25, 0.3) is 0 Å². The summed E-state index contributed by atoms with van der Waals surface area (Å²) in [6.07, 6.45) is -0.629. The number of halogens is 3. The maximum absolute atomic E-state index is 9.94. The van der Waals surface area contributed by atoms with Crippen LogP contribution in [-0.4, -0.2) is 24.4 Å². The van der Waals surface area contributed by atoms with Crippen molar-refractivity contribution in [3.63, 3.8) is 0 Å². The first-order chi connectivity index (χ1) is 10.0. The molecule has 0 radical (unpaired) electrons. The van der Waals surface area contributed by atoms with Crippen molar-refractivity contribution in [3.8, 4) is 5.75 Å². The van der Waals surface area contributed by atoms with Gasteiger partial charge >= 0.3 is 0 Å². The van der Waals surface area contributed by atoms with Crippen LogP contribution in [0.1, 0.15) is 0 Å². The Hall–Kier alpha value is -0.690. The van der Waals surface area contributed by atoms with Crippen LogP contribution in [0.25, 0.3) is 0 Å². The predicted molar refractivity (Wildman–Crippen MR) is 95.6 cm³/mol. The maximum atomic E-state index is 9.94. The highest BCUT2D eigenvalue weighted by atomic mass is 127. The first kappa shape index (κ1) is 16.7. The van der Waals surface area contributed by atoms with Crippen LogP contribution in [0.4, 0.5) is 5.69 Å². The zero-order valence-electron chi connectivity index (χ0n) is 11.0. The molecule has 0 aliphatic carbocycles. The van der Waals surface area contributed by atoms with Crippen molar-refractivity contribution in [1.29, 1.82) is 0 Å². The topological polar surface area (TPSA) is 41.5 Å². The largest absolute Gasteiger partial charge is 0.491 e. The Morgan fingerprint density at radius 2 is 1.90 bits per heavy atom. The van der Waals surface area contributed by atoms with E-state index in [2.05, 4.69) is 27.9 Å². The molecular weight excluding hydrogens is 424 g/mol. The fourth-order valence-electron chi connectivity index (χ4n) is 1.67. The molecule has 3 nitrogen and oxygen atoms in total. The third-order valence-corrected chi connectivity index (χ3v) is 4.06. The van der Waals surface area contributed by atoms with Gasteiger partial charge in [0.1, 0.15) is 18.5 Å². The van der Waals surface area contributed by atoms with Gasteiger partial charge in [0.2, 0.25) is 0 Å². The third kappa shape index (κ3) is 5.54. The molecule has 2 aromatic rings. The second-order valence-electron chi connectivity index (χ2n) is 4.43. The summed E-state index contributed by atoms with van der Waals surface area (Å²) in [5, 5.41) is 14.4. The van der Waals surface area contributed by atoms with E-state index >= 15 is 0 Å². The van der Waals surface area contributed by atoms with E-state index in [0.29, 0.717) is 22.3 Å². The SMILES string of the molecule is OC(CNc1ccc(Cl)cc1I)COc1cccc(Cl)c1. The Balaban J connectivity index is 1.80. The zero-order valence-corrected chi connectivity index (χ0v) is 14.7. The molecular formula is C15H14Cl2INO2.